The number of carbonyl (C=O) groups is 2. The summed E-state index contributed by atoms with van der Waals surface area (Å²) in [6.07, 6.45) is -0.329. The Morgan fingerprint density at radius 2 is 1.62 bits per heavy atom. The van der Waals surface area contributed by atoms with Gasteiger partial charge in [0.1, 0.15) is 20.8 Å². The van der Waals surface area contributed by atoms with Gasteiger partial charge in [-0.1, -0.05) is 48.0 Å². The normalized spacial score (nSPS) is 11.1. The Balaban J connectivity index is 0.00000163. The van der Waals surface area contributed by atoms with Crippen LogP contribution in [0, 0.1) is 0 Å². The Morgan fingerprint density at radius 3 is 2.15 bits per heavy atom. The largest absolute Gasteiger partial charge is 0.496 e. The summed E-state index contributed by atoms with van der Waals surface area (Å²) in [5.41, 5.74) is 0.728. The zero-order chi connectivity index (χ0) is 19.7. The first kappa shape index (κ1) is 21.8. The lowest BCUT2D eigenvalue weighted by Crippen LogP contribution is -2.27. The van der Waals surface area contributed by atoms with Crippen molar-refractivity contribution in [3.63, 3.8) is 0 Å². The zero-order valence-corrected chi connectivity index (χ0v) is 16.4. The molecule has 0 saturated heterocycles. The third-order valence-corrected chi connectivity index (χ3v) is 3.74. The maximum atomic E-state index is 13.1. The number of halogens is 1. The predicted molar refractivity (Wildman–Crippen MR) is 102 cm³/mol. The summed E-state index contributed by atoms with van der Waals surface area (Å²) >= 11 is 6.19. The second kappa shape index (κ2) is 10.7. The third kappa shape index (κ3) is 5.38. The number of benzene rings is 2. The van der Waals surface area contributed by atoms with E-state index in [4.69, 9.17) is 25.6 Å². The zero-order valence-electron chi connectivity index (χ0n) is 14.7. The van der Waals surface area contributed by atoms with Gasteiger partial charge in [0.15, 0.2) is 5.78 Å². The molecule has 26 heavy (non-hydrogen) atoms. The first-order valence-corrected chi connectivity index (χ1v) is 8.57. The number of methoxy groups -OCH3 is 1. The van der Waals surface area contributed by atoms with Crippen LogP contribution in [0.4, 0.5) is 0 Å². The van der Waals surface area contributed by atoms with Gasteiger partial charge in [-0.15, -0.1) is 0 Å². The number of esters is 1. The van der Waals surface area contributed by atoms with E-state index >= 15 is 0 Å². The van der Waals surface area contributed by atoms with Crippen molar-refractivity contribution in [1.29, 1.82) is 0 Å². The number of ketones is 1. The average Bonchev–Trinajstić information content (AvgIpc) is 2.63. The Hall–Kier alpha value is -2.23. The van der Waals surface area contributed by atoms with Crippen molar-refractivity contribution in [3.8, 4) is 5.75 Å². The standard InChI is InChI=1S/C19H19ClO4.HOP/c1-12(2)24-19(22)16(13-8-5-4-6-9-13)18(21)17-14(20)10-7-11-15(17)23-3;1-2/h4-12,16H,1-3H3;2H. The minimum atomic E-state index is -1.10. The fourth-order valence-electron chi connectivity index (χ4n) is 2.40. The van der Waals surface area contributed by atoms with Crippen LogP contribution in [0.15, 0.2) is 48.5 Å². The van der Waals surface area contributed by atoms with Crippen LogP contribution < -0.4 is 4.74 Å². The van der Waals surface area contributed by atoms with E-state index in [-0.39, 0.29) is 16.7 Å². The van der Waals surface area contributed by atoms with Gasteiger partial charge in [0.25, 0.3) is 0 Å². The van der Waals surface area contributed by atoms with Crippen molar-refractivity contribution in [2.45, 2.75) is 25.9 Å². The molecule has 0 aromatic heterocycles. The first-order valence-electron chi connectivity index (χ1n) is 7.78. The summed E-state index contributed by atoms with van der Waals surface area (Å²) < 4.78 is 18.6. The van der Waals surface area contributed by atoms with Crippen molar-refractivity contribution >= 4 is 32.5 Å². The van der Waals surface area contributed by atoms with Gasteiger partial charge in [-0.05, 0) is 31.5 Å². The highest BCUT2D eigenvalue weighted by Gasteiger charge is 2.34. The van der Waals surface area contributed by atoms with Crippen LogP contribution in [-0.2, 0) is 14.1 Å². The van der Waals surface area contributed by atoms with Crippen molar-refractivity contribution in [2.24, 2.45) is 0 Å². The Kier molecular flexibility index (Phi) is 8.97. The van der Waals surface area contributed by atoms with E-state index in [2.05, 4.69) is 0 Å². The van der Waals surface area contributed by atoms with Crippen molar-refractivity contribution in [1.82, 2.24) is 0 Å². The summed E-state index contributed by atoms with van der Waals surface area (Å²) in [6.45, 7) is 3.47. The van der Waals surface area contributed by atoms with Crippen LogP contribution in [-0.4, -0.2) is 25.0 Å². The van der Waals surface area contributed by atoms with Crippen LogP contribution in [0.3, 0.4) is 0 Å². The molecule has 0 radical (unpaired) electrons. The quantitative estimate of drug-likeness (QED) is 0.306. The summed E-state index contributed by atoms with van der Waals surface area (Å²) in [7, 11) is 3.17. The van der Waals surface area contributed by atoms with E-state index < -0.39 is 17.7 Å². The Morgan fingerprint density at radius 1 is 1.00 bits per heavy atom. The number of hydrogen-bond donors (Lipinski definition) is 0. The Labute approximate surface area is 159 Å². The monoisotopic (exact) mass is 394 g/mol. The second-order valence-electron chi connectivity index (χ2n) is 5.51. The van der Waals surface area contributed by atoms with Gasteiger partial charge in [0, 0.05) is 0 Å². The van der Waals surface area contributed by atoms with Gasteiger partial charge in [-0.2, -0.15) is 0 Å². The van der Waals surface area contributed by atoms with E-state index in [1.165, 1.54) is 7.11 Å². The SMILES string of the molecule is COc1cccc(Cl)c1C(=O)C(C(=O)OC(C)C)c1ccccc1.O=P. The van der Waals surface area contributed by atoms with Gasteiger partial charge in [-0.25, -0.2) is 0 Å². The molecule has 138 valence electrons. The van der Waals surface area contributed by atoms with Crippen LogP contribution in [0.25, 0.3) is 0 Å². The lowest BCUT2D eigenvalue weighted by molar-refractivity contribution is -0.147. The highest BCUT2D eigenvalue weighted by atomic mass is 35.5. The van der Waals surface area contributed by atoms with Crippen LogP contribution in [0.2, 0.25) is 5.02 Å². The number of ether oxygens (including phenoxy) is 2. The number of carbonyl (C=O) groups excluding carboxylic acids is 2. The summed E-state index contributed by atoms with van der Waals surface area (Å²) in [4.78, 5) is 25.7. The molecule has 0 aliphatic rings. The van der Waals surface area contributed by atoms with Crippen LogP contribution >= 0.6 is 20.7 Å². The van der Waals surface area contributed by atoms with E-state index in [1.54, 1.807) is 65.4 Å². The topological polar surface area (TPSA) is 69.7 Å². The molecular formula is C19H20ClO5P. The molecule has 0 aliphatic carbocycles. The smallest absolute Gasteiger partial charge is 0.321 e. The summed E-state index contributed by atoms with van der Waals surface area (Å²) in [5.74, 6) is -1.83. The third-order valence-electron chi connectivity index (χ3n) is 3.42. The molecule has 0 amide bonds. The molecule has 1 atom stereocenters. The predicted octanol–water partition coefficient (Wildman–Crippen LogP) is 4.74. The maximum absolute atomic E-state index is 13.1. The molecule has 0 bridgehead atoms. The van der Waals surface area contributed by atoms with Gasteiger partial charge in [0.05, 0.1) is 23.8 Å². The minimum Gasteiger partial charge on any atom is -0.496 e. The summed E-state index contributed by atoms with van der Waals surface area (Å²) in [5, 5.41) is 0.234. The number of Topliss-reactive ketones (excluding diaryl/α,β-unsaturated/α-hetero) is 1. The van der Waals surface area contributed by atoms with E-state index in [9.17, 15) is 9.59 Å². The molecular weight excluding hydrogens is 375 g/mol. The number of hydrogen-bond acceptors (Lipinski definition) is 5. The Bertz CT molecular complexity index is 749. The second-order valence-corrected chi connectivity index (χ2v) is 5.92. The molecule has 2 aromatic carbocycles. The van der Waals surface area contributed by atoms with Crippen LogP contribution in [0.1, 0.15) is 35.7 Å². The van der Waals surface area contributed by atoms with Gasteiger partial charge in [0.2, 0.25) is 0 Å². The van der Waals surface area contributed by atoms with Crippen molar-refractivity contribution < 1.29 is 23.6 Å². The lowest BCUT2D eigenvalue weighted by atomic mass is 9.90. The number of rotatable bonds is 6. The molecule has 2 aromatic rings. The van der Waals surface area contributed by atoms with Gasteiger partial charge < -0.3 is 9.47 Å². The van der Waals surface area contributed by atoms with E-state index in [0.717, 1.165) is 0 Å². The first-order chi connectivity index (χ1) is 12.5. The highest BCUT2D eigenvalue weighted by molar-refractivity contribution is 7.00. The maximum Gasteiger partial charge on any atom is 0.321 e. The van der Waals surface area contributed by atoms with E-state index in [1.807, 2.05) is 6.07 Å². The molecule has 0 aliphatic heterocycles. The fourth-order valence-corrected chi connectivity index (χ4v) is 2.66. The van der Waals surface area contributed by atoms with Crippen LogP contribution in [0.5, 0.6) is 5.75 Å². The summed E-state index contributed by atoms with van der Waals surface area (Å²) in [6, 6.07) is 13.7. The lowest BCUT2D eigenvalue weighted by Gasteiger charge is -2.19. The van der Waals surface area contributed by atoms with E-state index in [0.29, 0.717) is 11.3 Å². The molecule has 2 rings (SSSR count). The van der Waals surface area contributed by atoms with Crippen molar-refractivity contribution in [2.75, 3.05) is 7.11 Å². The van der Waals surface area contributed by atoms with Crippen molar-refractivity contribution in [3.05, 3.63) is 64.7 Å². The average molecular weight is 395 g/mol. The molecule has 5 nitrogen and oxygen atoms in total. The molecule has 0 saturated carbocycles. The van der Waals surface area contributed by atoms with Gasteiger partial charge in [-0.3, -0.25) is 14.2 Å². The molecule has 7 heteroatoms. The fraction of sp³-hybridized carbons (Fsp3) is 0.263. The van der Waals surface area contributed by atoms with Gasteiger partial charge >= 0.3 is 5.97 Å². The molecule has 0 N–H and O–H groups in total. The molecule has 1 unspecified atom stereocenters. The molecule has 0 heterocycles. The highest BCUT2D eigenvalue weighted by Crippen LogP contribution is 2.32. The molecule has 0 fully saturated rings. The molecule has 0 spiro atoms. The minimum absolute atomic E-state index is 0.177.